The Morgan fingerprint density at radius 2 is 2.10 bits per heavy atom. The lowest BCUT2D eigenvalue weighted by Gasteiger charge is -2.10. The molecule has 60 valence electrons. The van der Waals surface area contributed by atoms with Gasteiger partial charge in [-0.05, 0) is 0 Å². The maximum absolute atomic E-state index is 11.6. The molecule has 0 aromatic heterocycles. The Hall–Kier alpha value is -0.510. The lowest BCUT2D eigenvalue weighted by molar-refractivity contribution is -0.0561. The van der Waals surface area contributed by atoms with Gasteiger partial charge >= 0.3 is 0 Å². The van der Waals surface area contributed by atoms with E-state index >= 15 is 0 Å². The van der Waals surface area contributed by atoms with E-state index in [-0.39, 0.29) is 6.61 Å². The number of hydrogen-bond acceptors (Lipinski definition) is 1. The SMILES string of the molecule is C=CCOC(CF)C(F)F. The number of alkyl halides is 3. The van der Waals surface area contributed by atoms with E-state index in [1.54, 1.807) is 0 Å². The molecule has 0 bridgehead atoms. The molecule has 0 aromatic rings. The van der Waals surface area contributed by atoms with Crippen LogP contribution in [0.4, 0.5) is 13.2 Å². The van der Waals surface area contributed by atoms with Crippen LogP contribution in [-0.2, 0) is 4.74 Å². The van der Waals surface area contributed by atoms with E-state index < -0.39 is 19.2 Å². The molecule has 0 fully saturated rings. The molecule has 0 amide bonds. The fraction of sp³-hybridized carbons (Fsp3) is 0.667. The first-order valence-corrected chi connectivity index (χ1v) is 2.79. The van der Waals surface area contributed by atoms with Crippen LogP contribution in [-0.4, -0.2) is 25.8 Å². The standard InChI is InChI=1S/C6H9F3O/c1-2-3-10-5(4-7)6(8)9/h2,5-6H,1,3-4H2. The molecule has 0 heterocycles. The second-order valence-corrected chi connectivity index (χ2v) is 1.65. The summed E-state index contributed by atoms with van der Waals surface area (Å²) >= 11 is 0. The van der Waals surface area contributed by atoms with Crippen LogP contribution in [0.2, 0.25) is 0 Å². The van der Waals surface area contributed by atoms with Crippen molar-refractivity contribution in [1.82, 2.24) is 0 Å². The molecular formula is C6H9F3O. The van der Waals surface area contributed by atoms with Gasteiger partial charge in [-0.1, -0.05) is 6.08 Å². The first-order chi connectivity index (χ1) is 4.72. The highest BCUT2D eigenvalue weighted by Gasteiger charge is 2.19. The number of halogens is 3. The van der Waals surface area contributed by atoms with Gasteiger partial charge in [0, 0.05) is 0 Å². The van der Waals surface area contributed by atoms with Gasteiger partial charge in [0.05, 0.1) is 6.61 Å². The molecule has 0 aliphatic rings. The molecule has 1 unspecified atom stereocenters. The van der Waals surface area contributed by atoms with Crippen LogP contribution in [0.15, 0.2) is 12.7 Å². The molecule has 0 radical (unpaired) electrons. The molecule has 0 aromatic carbocycles. The first kappa shape index (κ1) is 9.49. The van der Waals surface area contributed by atoms with Crippen LogP contribution in [0, 0.1) is 0 Å². The average Bonchev–Trinajstić information content (AvgIpc) is 1.89. The Kier molecular flexibility index (Phi) is 5.02. The summed E-state index contributed by atoms with van der Waals surface area (Å²) in [6.07, 6.45) is -3.06. The largest absolute Gasteiger partial charge is 0.365 e. The summed E-state index contributed by atoms with van der Waals surface area (Å²) in [5, 5.41) is 0. The van der Waals surface area contributed by atoms with Gasteiger partial charge in [-0.2, -0.15) is 0 Å². The predicted molar refractivity (Wildman–Crippen MR) is 31.9 cm³/mol. The van der Waals surface area contributed by atoms with Crippen LogP contribution in [0.3, 0.4) is 0 Å². The molecule has 0 spiro atoms. The summed E-state index contributed by atoms with van der Waals surface area (Å²) in [5.41, 5.74) is 0. The molecule has 0 N–H and O–H groups in total. The van der Waals surface area contributed by atoms with Crippen molar-refractivity contribution in [1.29, 1.82) is 0 Å². The van der Waals surface area contributed by atoms with Gasteiger partial charge in [-0.3, -0.25) is 0 Å². The van der Waals surface area contributed by atoms with Crippen molar-refractivity contribution in [2.45, 2.75) is 12.5 Å². The fourth-order valence-corrected chi connectivity index (χ4v) is 0.376. The molecule has 10 heavy (non-hydrogen) atoms. The molecule has 0 saturated carbocycles. The fourth-order valence-electron chi connectivity index (χ4n) is 0.376. The van der Waals surface area contributed by atoms with Crippen molar-refractivity contribution in [3.05, 3.63) is 12.7 Å². The Labute approximate surface area is 57.5 Å². The van der Waals surface area contributed by atoms with Gasteiger partial charge in [-0.25, -0.2) is 13.2 Å². The van der Waals surface area contributed by atoms with Crippen molar-refractivity contribution in [2.24, 2.45) is 0 Å². The maximum atomic E-state index is 11.6. The predicted octanol–water partition coefficient (Wildman–Crippen LogP) is 1.79. The second kappa shape index (κ2) is 5.29. The van der Waals surface area contributed by atoms with E-state index in [9.17, 15) is 13.2 Å². The van der Waals surface area contributed by atoms with Crippen LogP contribution in [0.1, 0.15) is 0 Å². The Balaban J connectivity index is 3.49. The molecule has 0 rings (SSSR count). The third kappa shape index (κ3) is 3.50. The van der Waals surface area contributed by atoms with E-state index in [4.69, 9.17) is 0 Å². The van der Waals surface area contributed by atoms with E-state index in [1.165, 1.54) is 6.08 Å². The highest BCUT2D eigenvalue weighted by Crippen LogP contribution is 2.05. The number of hydrogen-bond donors (Lipinski definition) is 0. The van der Waals surface area contributed by atoms with E-state index in [0.717, 1.165) is 0 Å². The number of rotatable bonds is 5. The molecule has 4 heteroatoms. The molecule has 0 aliphatic carbocycles. The van der Waals surface area contributed by atoms with Gasteiger partial charge in [0.1, 0.15) is 12.8 Å². The Morgan fingerprint density at radius 3 is 2.40 bits per heavy atom. The van der Waals surface area contributed by atoms with Crippen molar-refractivity contribution in [3.63, 3.8) is 0 Å². The summed E-state index contributed by atoms with van der Waals surface area (Å²) in [4.78, 5) is 0. The summed E-state index contributed by atoms with van der Waals surface area (Å²) in [7, 11) is 0. The van der Waals surface area contributed by atoms with Gasteiger partial charge in [0.2, 0.25) is 0 Å². The van der Waals surface area contributed by atoms with Crippen LogP contribution < -0.4 is 0 Å². The van der Waals surface area contributed by atoms with Crippen LogP contribution in [0.5, 0.6) is 0 Å². The molecule has 0 aliphatic heterocycles. The second-order valence-electron chi connectivity index (χ2n) is 1.65. The highest BCUT2D eigenvalue weighted by molar-refractivity contribution is 4.67. The maximum Gasteiger partial charge on any atom is 0.266 e. The minimum absolute atomic E-state index is 0.0427. The minimum atomic E-state index is -2.76. The normalized spacial score (nSPS) is 13.6. The van der Waals surface area contributed by atoms with Gasteiger partial charge < -0.3 is 4.74 Å². The molecular weight excluding hydrogens is 145 g/mol. The monoisotopic (exact) mass is 154 g/mol. The van der Waals surface area contributed by atoms with Crippen molar-refractivity contribution < 1.29 is 17.9 Å². The lowest BCUT2D eigenvalue weighted by Crippen LogP contribution is -2.24. The van der Waals surface area contributed by atoms with Crippen molar-refractivity contribution >= 4 is 0 Å². The summed E-state index contributed by atoms with van der Waals surface area (Å²) in [5.74, 6) is 0. The van der Waals surface area contributed by atoms with E-state index in [2.05, 4.69) is 11.3 Å². The van der Waals surface area contributed by atoms with E-state index in [1.807, 2.05) is 0 Å². The minimum Gasteiger partial charge on any atom is -0.365 e. The molecule has 0 saturated heterocycles. The third-order valence-corrected chi connectivity index (χ3v) is 0.861. The van der Waals surface area contributed by atoms with Crippen molar-refractivity contribution in [3.8, 4) is 0 Å². The Morgan fingerprint density at radius 1 is 1.50 bits per heavy atom. The van der Waals surface area contributed by atoms with Gasteiger partial charge in [-0.15, -0.1) is 6.58 Å². The van der Waals surface area contributed by atoms with Crippen LogP contribution >= 0.6 is 0 Å². The van der Waals surface area contributed by atoms with Gasteiger partial charge in [0.15, 0.2) is 0 Å². The third-order valence-electron chi connectivity index (χ3n) is 0.861. The van der Waals surface area contributed by atoms with Crippen LogP contribution in [0.25, 0.3) is 0 Å². The zero-order chi connectivity index (χ0) is 7.98. The Bertz CT molecular complexity index is 95.0. The van der Waals surface area contributed by atoms with E-state index in [0.29, 0.717) is 0 Å². The summed E-state index contributed by atoms with van der Waals surface area (Å²) in [6, 6.07) is 0. The first-order valence-electron chi connectivity index (χ1n) is 2.79. The molecule has 1 nitrogen and oxygen atoms in total. The summed E-state index contributed by atoms with van der Waals surface area (Å²) < 4.78 is 39.2. The smallest absolute Gasteiger partial charge is 0.266 e. The quantitative estimate of drug-likeness (QED) is 0.548. The highest BCUT2D eigenvalue weighted by atomic mass is 19.3. The van der Waals surface area contributed by atoms with Gasteiger partial charge in [0.25, 0.3) is 6.43 Å². The average molecular weight is 154 g/mol. The molecule has 1 atom stereocenters. The zero-order valence-electron chi connectivity index (χ0n) is 5.40. The summed E-state index contributed by atoms with van der Waals surface area (Å²) in [6.45, 7) is 2.03. The zero-order valence-corrected chi connectivity index (χ0v) is 5.40. The van der Waals surface area contributed by atoms with Crippen molar-refractivity contribution in [2.75, 3.05) is 13.3 Å². The lowest BCUT2D eigenvalue weighted by atomic mass is 10.4. The topological polar surface area (TPSA) is 9.23 Å². The number of ether oxygens (including phenoxy) is 1.